The lowest BCUT2D eigenvalue weighted by Crippen LogP contribution is -2.62. The minimum absolute atomic E-state index is 0.0194. The van der Waals surface area contributed by atoms with Crippen LogP contribution in [0.1, 0.15) is 36.7 Å². The number of rotatable bonds is 6. The summed E-state index contributed by atoms with van der Waals surface area (Å²) in [7, 11) is 0. The number of benzene rings is 1. The lowest BCUT2D eigenvalue weighted by atomic mass is 9.83. The molecule has 5 nitrogen and oxygen atoms in total. The molecule has 1 fully saturated rings. The fourth-order valence-corrected chi connectivity index (χ4v) is 3.58. The van der Waals surface area contributed by atoms with E-state index in [4.69, 9.17) is 11.6 Å². The highest BCUT2D eigenvalue weighted by atomic mass is 35.5. The van der Waals surface area contributed by atoms with E-state index in [2.05, 4.69) is 21.9 Å². The van der Waals surface area contributed by atoms with Crippen molar-refractivity contribution in [1.29, 1.82) is 0 Å². The van der Waals surface area contributed by atoms with Crippen LogP contribution in [0.4, 0.5) is 8.78 Å². The number of alkyl halides is 1. The highest BCUT2D eigenvalue weighted by molar-refractivity contribution is 6.30. The Bertz CT molecular complexity index is 881. The maximum atomic E-state index is 15.6. The summed E-state index contributed by atoms with van der Waals surface area (Å²) in [5.41, 5.74) is -1.31. The van der Waals surface area contributed by atoms with E-state index in [1.54, 1.807) is 18.5 Å². The molecule has 0 spiro atoms. The monoisotopic (exact) mass is 422 g/mol. The van der Waals surface area contributed by atoms with Crippen LogP contribution in [0, 0.1) is 12.7 Å². The van der Waals surface area contributed by atoms with E-state index in [9.17, 15) is 9.50 Å². The van der Waals surface area contributed by atoms with E-state index in [0.29, 0.717) is 30.2 Å². The zero-order chi connectivity index (χ0) is 21.2. The van der Waals surface area contributed by atoms with Gasteiger partial charge in [0.25, 0.3) is 0 Å². The van der Waals surface area contributed by atoms with Gasteiger partial charge in [-0.2, -0.15) is 0 Å². The molecule has 2 heterocycles. The van der Waals surface area contributed by atoms with Gasteiger partial charge >= 0.3 is 0 Å². The van der Waals surface area contributed by atoms with Crippen molar-refractivity contribution >= 4 is 17.3 Å². The first-order chi connectivity index (χ1) is 13.6. The first kappa shape index (κ1) is 21.6. The average molecular weight is 423 g/mol. The van der Waals surface area contributed by atoms with Crippen molar-refractivity contribution in [3.8, 4) is 0 Å². The number of piperidine rings is 1. The van der Waals surface area contributed by atoms with E-state index >= 15 is 4.39 Å². The standard InChI is InChI=1S/C21H25ClF2N4O/c1-14-11-25-19(26-12-14)13-27-20(3,29)21(24)6-8-28(9-7-21)15(2)16-4-5-18(23)17(22)10-16/h4-5,10-12,27,29H,2,6-9,13H2,1,3H3. The Balaban J connectivity index is 1.61. The van der Waals surface area contributed by atoms with Crippen LogP contribution in [0.15, 0.2) is 37.2 Å². The molecule has 1 unspecified atom stereocenters. The van der Waals surface area contributed by atoms with Gasteiger partial charge < -0.3 is 10.0 Å². The van der Waals surface area contributed by atoms with E-state index in [1.807, 2.05) is 11.8 Å². The lowest BCUT2D eigenvalue weighted by Gasteiger charge is -2.45. The Morgan fingerprint density at radius 1 is 1.34 bits per heavy atom. The molecule has 0 radical (unpaired) electrons. The second kappa shape index (κ2) is 8.34. The number of halogens is 3. The summed E-state index contributed by atoms with van der Waals surface area (Å²) in [6.45, 7) is 8.24. The quantitative estimate of drug-likeness (QED) is 0.692. The summed E-state index contributed by atoms with van der Waals surface area (Å²) >= 11 is 5.85. The molecule has 0 amide bonds. The summed E-state index contributed by atoms with van der Waals surface area (Å²) in [6, 6.07) is 4.39. The Morgan fingerprint density at radius 3 is 2.55 bits per heavy atom. The van der Waals surface area contributed by atoms with Gasteiger partial charge in [-0.1, -0.05) is 18.2 Å². The van der Waals surface area contributed by atoms with Crippen molar-refractivity contribution in [3.05, 3.63) is 65.0 Å². The molecular weight excluding hydrogens is 398 g/mol. The van der Waals surface area contributed by atoms with Gasteiger partial charge in [0.2, 0.25) is 0 Å². The molecule has 0 aliphatic carbocycles. The van der Waals surface area contributed by atoms with Gasteiger partial charge in [0.1, 0.15) is 17.4 Å². The third-order valence-electron chi connectivity index (χ3n) is 5.49. The summed E-state index contributed by atoms with van der Waals surface area (Å²) in [5, 5.41) is 13.7. The molecule has 2 N–H and O–H groups in total. The minimum Gasteiger partial charge on any atom is -0.373 e. The summed E-state index contributed by atoms with van der Waals surface area (Å²) in [4.78, 5) is 10.3. The summed E-state index contributed by atoms with van der Waals surface area (Å²) in [6.07, 6.45) is 3.57. The number of hydrogen-bond acceptors (Lipinski definition) is 5. The number of aryl methyl sites for hydroxylation is 1. The van der Waals surface area contributed by atoms with E-state index in [-0.39, 0.29) is 24.4 Å². The first-order valence-electron chi connectivity index (χ1n) is 9.44. The molecule has 29 heavy (non-hydrogen) atoms. The van der Waals surface area contributed by atoms with Crippen molar-refractivity contribution < 1.29 is 13.9 Å². The molecule has 0 bridgehead atoms. The van der Waals surface area contributed by atoms with E-state index in [0.717, 1.165) is 5.56 Å². The molecule has 156 valence electrons. The van der Waals surface area contributed by atoms with Crippen molar-refractivity contribution in [2.24, 2.45) is 0 Å². The molecule has 3 rings (SSSR count). The maximum absolute atomic E-state index is 15.6. The second-order valence-corrected chi connectivity index (χ2v) is 8.04. The van der Waals surface area contributed by atoms with Crippen LogP contribution in [0.5, 0.6) is 0 Å². The molecule has 1 atom stereocenters. The molecular formula is C21H25ClF2N4O. The van der Waals surface area contributed by atoms with E-state index < -0.39 is 17.2 Å². The predicted molar refractivity (Wildman–Crippen MR) is 109 cm³/mol. The van der Waals surface area contributed by atoms with Crippen LogP contribution in [-0.2, 0) is 6.54 Å². The van der Waals surface area contributed by atoms with Gasteiger partial charge in [-0.25, -0.2) is 18.7 Å². The Morgan fingerprint density at radius 2 is 1.97 bits per heavy atom. The fourth-order valence-electron chi connectivity index (χ4n) is 3.40. The van der Waals surface area contributed by atoms with Crippen molar-refractivity contribution in [3.63, 3.8) is 0 Å². The lowest BCUT2D eigenvalue weighted by molar-refractivity contribution is -0.135. The van der Waals surface area contributed by atoms with Gasteiger partial charge in [-0.05, 0) is 43.2 Å². The maximum Gasteiger partial charge on any atom is 0.156 e. The molecule has 1 aliphatic rings. The first-order valence-corrected chi connectivity index (χ1v) is 9.82. The number of nitrogens with zero attached hydrogens (tertiary/aromatic N) is 3. The van der Waals surface area contributed by atoms with Crippen molar-refractivity contribution in [1.82, 2.24) is 20.2 Å². The van der Waals surface area contributed by atoms with Crippen LogP contribution >= 0.6 is 11.6 Å². The highest BCUT2D eigenvalue weighted by Crippen LogP contribution is 2.37. The van der Waals surface area contributed by atoms with Crippen LogP contribution in [0.3, 0.4) is 0 Å². The topological polar surface area (TPSA) is 61.3 Å². The molecule has 1 saturated heterocycles. The molecule has 1 aromatic carbocycles. The predicted octanol–water partition coefficient (Wildman–Crippen LogP) is 3.85. The number of likely N-dealkylation sites (tertiary alicyclic amines) is 1. The molecule has 8 heteroatoms. The van der Waals surface area contributed by atoms with Crippen molar-refractivity contribution in [2.45, 2.75) is 44.6 Å². The third kappa shape index (κ3) is 4.74. The van der Waals surface area contributed by atoms with Gasteiger partial charge in [0.15, 0.2) is 5.67 Å². The number of aromatic nitrogens is 2. The summed E-state index contributed by atoms with van der Waals surface area (Å²) in [5.74, 6) is -0.0113. The smallest absolute Gasteiger partial charge is 0.156 e. The SMILES string of the molecule is C=C(c1ccc(F)c(Cl)c1)N1CCC(F)(C(C)(O)NCc2ncc(C)cn2)CC1. The Kier molecular flexibility index (Phi) is 6.22. The Hall–Kier alpha value is -2.09. The van der Waals surface area contributed by atoms with Crippen LogP contribution < -0.4 is 5.32 Å². The average Bonchev–Trinajstić information content (AvgIpc) is 2.69. The second-order valence-electron chi connectivity index (χ2n) is 7.63. The number of aliphatic hydroxyl groups is 1. The fraction of sp³-hybridized carbons (Fsp3) is 0.429. The molecule has 2 aromatic rings. The third-order valence-corrected chi connectivity index (χ3v) is 5.78. The van der Waals surface area contributed by atoms with Crippen LogP contribution in [-0.4, -0.2) is 44.5 Å². The molecule has 1 aromatic heterocycles. The Labute approximate surface area is 174 Å². The number of hydrogen-bond donors (Lipinski definition) is 2. The van der Waals surface area contributed by atoms with Crippen LogP contribution in [0.2, 0.25) is 5.02 Å². The van der Waals surface area contributed by atoms with Crippen molar-refractivity contribution in [2.75, 3.05) is 13.1 Å². The zero-order valence-corrected chi connectivity index (χ0v) is 17.3. The van der Waals surface area contributed by atoms with Gasteiger partial charge in [0.05, 0.1) is 11.6 Å². The normalized spacial score (nSPS) is 18.3. The molecule has 1 aliphatic heterocycles. The largest absolute Gasteiger partial charge is 0.373 e. The minimum atomic E-state index is -1.82. The van der Waals surface area contributed by atoms with Gasteiger partial charge in [-0.15, -0.1) is 0 Å². The zero-order valence-electron chi connectivity index (χ0n) is 16.6. The van der Waals surface area contributed by atoms with Gasteiger partial charge in [0, 0.05) is 44.0 Å². The van der Waals surface area contributed by atoms with Gasteiger partial charge in [-0.3, -0.25) is 5.32 Å². The number of nitrogens with one attached hydrogen (secondary N) is 1. The highest BCUT2D eigenvalue weighted by Gasteiger charge is 2.49. The van der Waals surface area contributed by atoms with E-state index in [1.165, 1.54) is 19.1 Å². The van der Waals surface area contributed by atoms with Crippen LogP contribution in [0.25, 0.3) is 5.70 Å². The molecule has 0 saturated carbocycles. The summed E-state index contributed by atoms with van der Waals surface area (Å²) < 4.78 is 29.0.